The molecule has 0 unspecified atom stereocenters. The lowest BCUT2D eigenvalue weighted by Crippen LogP contribution is -2.39. The highest BCUT2D eigenvalue weighted by Crippen LogP contribution is 2.05. The number of hydrogen-bond donors (Lipinski definition) is 3. The molecule has 90 valence electrons. The van der Waals surface area contributed by atoms with E-state index in [1.54, 1.807) is 19.6 Å². The number of aromatic amines is 2. The summed E-state index contributed by atoms with van der Waals surface area (Å²) in [5.41, 5.74) is 0.795. The summed E-state index contributed by atoms with van der Waals surface area (Å²) in [5, 5.41) is 2.89. The van der Waals surface area contributed by atoms with Gasteiger partial charge in [0.2, 0.25) is 5.88 Å². The first-order chi connectivity index (χ1) is 8.29. The number of likely N-dealkylation sites (N-methyl/N-ethyl adjacent to an activating group) is 1. The Morgan fingerprint density at radius 2 is 2.18 bits per heavy atom. The fourth-order valence-electron chi connectivity index (χ4n) is 1.39. The van der Waals surface area contributed by atoms with Crippen LogP contribution in [0.3, 0.4) is 0 Å². The number of imidazole rings is 2. The zero-order valence-corrected chi connectivity index (χ0v) is 9.30. The maximum atomic E-state index is 11.8. The molecule has 7 nitrogen and oxygen atoms in total. The van der Waals surface area contributed by atoms with Crippen molar-refractivity contribution >= 4 is 5.97 Å². The van der Waals surface area contributed by atoms with Crippen LogP contribution in [0, 0.1) is 0 Å². The molecule has 0 radical (unpaired) electrons. The van der Waals surface area contributed by atoms with E-state index in [2.05, 4.69) is 25.3 Å². The second-order valence-electron chi connectivity index (χ2n) is 3.43. The summed E-state index contributed by atoms with van der Waals surface area (Å²) >= 11 is 0. The number of carbonyl (C=O) groups is 1. The van der Waals surface area contributed by atoms with Gasteiger partial charge in [-0.15, -0.1) is 0 Å². The lowest BCUT2D eigenvalue weighted by Gasteiger charge is -2.12. The number of nitrogens with zero attached hydrogens (tertiary/aromatic N) is 2. The van der Waals surface area contributed by atoms with E-state index in [0.29, 0.717) is 6.42 Å². The van der Waals surface area contributed by atoms with Gasteiger partial charge in [0.15, 0.2) is 0 Å². The Bertz CT molecular complexity index is 451. The summed E-state index contributed by atoms with van der Waals surface area (Å²) in [6.45, 7) is 0. The summed E-state index contributed by atoms with van der Waals surface area (Å²) in [7, 11) is 1.70. The number of esters is 1. The molecule has 0 fully saturated rings. The second kappa shape index (κ2) is 5.26. The number of nitrogens with one attached hydrogen (secondary N) is 3. The van der Waals surface area contributed by atoms with Crippen LogP contribution in [0.1, 0.15) is 5.69 Å². The largest absolute Gasteiger partial charge is 0.405 e. The van der Waals surface area contributed by atoms with E-state index in [4.69, 9.17) is 4.74 Å². The Labute approximate surface area is 97.6 Å². The molecule has 2 aromatic rings. The average Bonchev–Trinajstić information content (AvgIpc) is 2.97. The SMILES string of the molecule is CN[C@@H](Cc1c[nH]cn1)C(=O)Oc1c[nH]cn1. The minimum Gasteiger partial charge on any atom is -0.405 e. The van der Waals surface area contributed by atoms with Crippen molar-refractivity contribution < 1.29 is 9.53 Å². The van der Waals surface area contributed by atoms with Gasteiger partial charge < -0.3 is 20.0 Å². The van der Waals surface area contributed by atoms with Crippen LogP contribution in [-0.2, 0) is 11.2 Å². The topological polar surface area (TPSA) is 95.7 Å². The number of carbonyl (C=O) groups excluding carboxylic acids is 1. The molecule has 0 aliphatic rings. The Hall–Kier alpha value is -2.15. The molecule has 2 aromatic heterocycles. The minimum atomic E-state index is -0.449. The molecule has 2 heterocycles. The van der Waals surface area contributed by atoms with Crippen LogP contribution in [0.15, 0.2) is 25.0 Å². The van der Waals surface area contributed by atoms with Gasteiger partial charge in [0.05, 0.1) is 24.5 Å². The second-order valence-corrected chi connectivity index (χ2v) is 3.43. The van der Waals surface area contributed by atoms with Crippen molar-refractivity contribution in [2.75, 3.05) is 7.05 Å². The Kier molecular flexibility index (Phi) is 3.51. The van der Waals surface area contributed by atoms with Crippen LogP contribution in [0.5, 0.6) is 5.88 Å². The maximum Gasteiger partial charge on any atom is 0.330 e. The maximum absolute atomic E-state index is 11.8. The fourth-order valence-corrected chi connectivity index (χ4v) is 1.39. The summed E-state index contributed by atoms with van der Waals surface area (Å²) in [5.74, 6) is -0.125. The van der Waals surface area contributed by atoms with Gasteiger partial charge in [-0.3, -0.25) is 0 Å². The van der Waals surface area contributed by atoms with Crippen molar-refractivity contribution in [3.05, 3.63) is 30.7 Å². The smallest absolute Gasteiger partial charge is 0.330 e. The molecule has 0 aromatic carbocycles. The molecule has 0 bridgehead atoms. The van der Waals surface area contributed by atoms with Crippen LogP contribution in [0.4, 0.5) is 0 Å². The standard InChI is InChI=1S/C10H13N5O2/c1-11-8(2-7-3-12-5-14-7)10(16)17-9-4-13-6-15-9/h3-6,8,11H,2H2,1H3,(H,12,14)(H,13,15)/t8-/m0/s1. The molecular formula is C10H13N5O2. The molecule has 0 saturated carbocycles. The molecule has 17 heavy (non-hydrogen) atoms. The van der Waals surface area contributed by atoms with Gasteiger partial charge in [0.1, 0.15) is 6.04 Å². The monoisotopic (exact) mass is 235 g/mol. The van der Waals surface area contributed by atoms with Crippen molar-refractivity contribution in [1.82, 2.24) is 25.3 Å². The van der Waals surface area contributed by atoms with Gasteiger partial charge in [-0.25, -0.2) is 14.8 Å². The number of H-pyrrole nitrogens is 2. The third-order valence-electron chi connectivity index (χ3n) is 2.28. The van der Waals surface area contributed by atoms with Gasteiger partial charge in [-0.05, 0) is 7.05 Å². The van der Waals surface area contributed by atoms with Gasteiger partial charge in [0.25, 0.3) is 0 Å². The van der Waals surface area contributed by atoms with Crippen molar-refractivity contribution in [3.63, 3.8) is 0 Å². The first-order valence-corrected chi connectivity index (χ1v) is 5.15. The van der Waals surface area contributed by atoms with E-state index in [1.807, 2.05) is 0 Å². The van der Waals surface area contributed by atoms with Gasteiger partial charge in [-0.2, -0.15) is 0 Å². The van der Waals surface area contributed by atoms with Gasteiger partial charge in [-0.1, -0.05) is 0 Å². The summed E-state index contributed by atoms with van der Waals surface area (Å²) in [4.78, 5) is 25.2. The molecule has 3 N–H and O–H groups in total. The Morgan fingerprint density at radius 3 is 2.76 bits per heavy atom. The van der Waals surface area contributed by atoms with Crippen LogP contribution in [0.25, 0.3) is 0 Å². The number of hydrogen-bond acceptors (Lipinski definition) is 5. The lowest BCUT2D eigenvalue weighted by atomic mass is 10.2. The van der Waals surface area contributed by atoms with E-state index < -0.39 is 6.04 Å². The first kappa shape index (κ1) is 11.3. The van der Waals surface area contributed by atoms with Gasteiger partial charge >= 0.3 is 5.97 Å². The highest BCUT2D eigenvalue weighted by Gasteiger charge is 2.20. The van der Waals surface area contributed by atoms with Crippen molar-refractivity contribution in [3.8, 4) is 5.88 Å². The summed E-state index contributed by atoms with van der Waals surface area (Å²) in [6, 6.07) is -0.449. The average molecular weight is 235 g/mol. The predicted octanol–water partition coefficient (Wildman–Crippen LogP) is -0.131. The Morgan fingerprint density at radius 1 is 1.41 bits per heavy atom. The predicted molar refractivity (Wildman–Crippen MR) is 59.4 cm³/mol. The van der Waals surface area contributed by atoms with E-state index in [9.17, 15) is 4.79 Å². The fraction of sp³-hybridized carbons (Fsp3) is 0.300. The van der Waals surface area contributed by atoms with Crippen molar-refractivity contribution in [2.24, 2.45) is 0 Å². The zero-order valence-electron chi connectivity index (χ0n) is 9.30. The summed E-state index contributed by atoms with van der Waals surface area (Å²) in [6.07, 6.45) is 6.74. The van der Waals surface area contributed by atoms with Crippen molar-refractivity contribution in [2.45, 2.75) is 12.5 Å². The Balaban J connectivity index is 1.96. The third kappa shape index (κ3) is 2.91. The highest BCUT2D eigenvalue weighted by atomic mass is 16.5. The molecule has 0 amide bonds. The minimum absolute atomic E-state index is 0.261. The van der Waals surface area contributed by atoms with E-state index in [0.717, 1.165) is 5.69 Å². The molecule has 0 aliphatic carbocycles. The molecule has 0 saturated heterocycles. The van der Waals surface area contributed by atoms with E-state index >= 15 is 0 Å². The molecule has 2 rings (SSSR count). The third-order valence-corrected chi connectivity index (χ3v) is 2.28. The van der Waals surface area contributed by atoms with Crippen LogP contribution < -0.4 is 10.1 Å². The highest BCUT2D eigenvalue weighted by molar-refractivity contribution is 5.78. The first-order valence-electron chi connectivity index (χ1n) is 5.15. The molecule has 0 aliphatic heterocycles. The molecule has 1 atom stereocenters. The summed E-state index contributed by atoms with van der Waals surface area (Å²) < 4.78 is 5.07. The molecule has 0 spiro atoms. The van der Waals surface area contributed by atoms with Crippen LogP contribution >= 0.6 is 0 Å². The van der Waals surface area contributed by atoms with Crippen molar-refractivity contribution in [1.29, 1.82) is 0 Å². The van der Waals surface area contributed by atoms with Crippen LogP contribution in [-0.4, -0.2) is 39.0 Å². The number of aromatic nitrogens is 4. The zero-order chi connectivity index (χ0) is 12.1. The van der Waals surface area contributed by atoms with E-state index in [-0.39, 0.29) is 11.8 Å². The quantitative estimate of drug-likeness (QED) is 0.627. The lowest BCUT2D eigenvalue weighted by molar-refractivity contribution is -0.136. The van der Waals surface area contributed by atoms with E-state index in [1.165, 1.54) is 12.5 Å². The van der Waals surface area contributed by atoms with Crippen LogP contribution in [0.2, 0.25) is 0 Å². The van der Waals surface area contributed by atoms with Gasteiger partial charge in [0, 0.05) is 12.6 Å². The molecular weight excluding hydrogens is 222 g/mol. The molecule has 7 heteroatoms. The number of ether oxygens (including phenoxy) is 1. The normalized spacial score (nSPS) is 12.3. The number of rotatable bonds is 5.